The number of hydrogen-bond acceptors (Lipinski definition) is 9. The van der Waals surface area contributed by atoms with Crippen molar-refractivity contribution >= 4 is 40.9 Å². The lowest BCUT2D eigenvalue weighted by molar-refractivity contribution is -0.137. The van der Waals surface area contributed by atoms with Crippen molar-refractivity contribution in [3.8, 4) is 5.88 Å². The maximum absolute atomic E-state index is 14.7. The number of thiophene rings is 1. The van der Waals surface area contributed by atoms with E-state index in [4.69, 9.17) is 4.74 Å². The van der Waals surface area contributed by atoms with E-state index in [0.717, 1.165) is 22.6 Å². The minimum absolute atomic E-state index is 0.0212. The van der Waals surface area contributed by atoms with Gasteiger partial charge in [0.25, 0.3) is 11.8 Å². The monoisotopic (exact) mass is 630 g/mol. The Morgan fingerprint density at radius 3 is 2.64 bits per heavy atom. The molecule has 2 unspecified atom stereocenters. The fourth-order valence-corrected chi connectivity index (χ4v) is 6.78. The van der Waals surface area contributed by atoms with Crippen molar-refractivity contribution in [1.82, 2.24) is 30.4 Å². The highest BCUT2D eigenvalue weighted by Gasteiger charge is 2.42. The Kier molecular flexibility index (Phi) is 8.61. The summed E-state index contributed by atoms with van der Waals surface area (Å²) in [5.74, 6) is -1.62. The number of hydrogen-bond donors (Lipinski definition) is 2. The molecule has 1 aromatic carbocycles. The van der Waals surface area contributed by atoms with Crippen molar-refractivity contribution < 1.29 is 28.7 Å². The predicted molar refractivity (Wildman–Crippen MR) is 163 cm³/mol. The Balaban J connectivity index is 1.38. The first-order chi connectivity index (χ1) is 21.7. The number of nitrogens with one attached hydrogen (secondary N) is 2. The molecule has 3 aliphatic rings. The van der Waals surface area contributed by atoms with Gasteiger partial charge >= 0.3 is 0 Å². The molecule has 2 aliphatic heterocycles. The molecule has 13 heteroatoms. The van der Waals surface area contributed by atoms with E-state index in [1.807, 2.05) is 19.1 Å². The van der Waals surface area contributed by atoms with Gasteiger partial charge in [-0.3, -0.25) is 34.3 Å². The van der Waals surface area contributed by atoms with Crippen molar-refractivity contribution in [2.45, 2.75) is 57.7 Å². The number of amides is 5. The Bertz CT molecular complexity index is 1670. The van der Waals surface area contributed by atoms with Crippen LogP contribution in [-0.2, 0) is 27.3 Å². The average molecular weight is 631 g/mol. The number of carbonyl (C=O) groups is 5. The molecular formula is C32H34N6O6S. The first-order valence-electron chi connectivity index (χ1n) is 15.0. The molecule has 45 heavy (non-hydrogen) atoms. The summed E-state index contributed by atoms with van der Waals surface area (Å²) in [5.41, 5.74) is 1.24. The zero-order valence-electron chi connectivity index (χ0n) is 25.1. The minimum atomic E-state index is -1.17. The molecule has 3 aromatic rings. The second-order valence-corrected chi connectivity index (χ2v) is 12.9. The summed E-state index contributed by atoms with van der Waals surface area (Å²) in [6, 6.07) is 6.92. The highest BCUT2D eigenvalue weighted by atomic mass is 32.1. The van der Waals surface area contributed by atoms with Gasteiger partial charge < -0.3 is 19.9 Å². The fourth-order valence-electron chi connectivity index (χ4n) is 5.90. The molecule has 0 radical (unpaired) electrons. The van der Waals surface area contributed by atoms with E-state index >= 15 is 0 Å². The molecule has 12 nitrogen and oxygen atoms in total. The summed E-state index contributed by atoms with van der Waals surface area (Å²) < 4.78 is 5.50. The van der Waals surface area contributed by atoms with Gasteiger partial charge in [-0.2, -0.15) is 0 Å². The number of methoxy groups -OCH3 is 1. The number of nitrogens with zero attached hydrogens (tertiary/aromatic N) is 4. The van der Waals surface area contributed by atoms with Crippen molar-refractivity contribution in [3.05, 3.63) is 74.9 Å². The number of rotatable bonds is 11. The van der Waals surface area contributed by atoms with Crippen LogP contribution in [0.15, 0.2) is 42.7 Å². The number of aryl methyl sites for hydroxylation is 1. The molecule has 1 saturated heterocycles. The molecular weight excluding hydrogens is 596 g/mol. The molecule has 5 amide bonds. The average Bonchev–Trinajstić information content (AvgIpc) is 3.69. The molecule has 0 spiro atoms. The Morgan fingerprint density at radius 2 is 1.93 bits per heavy atom. The van der Waals surface area contributed by atoms with E-state index in [1.54, 1.807) is 29.5 Å². The third kappa shape index (κ3) is 6.30. The van der Waals surface area contributed by atoms with Crippen molar-refractivity contribution in [3.63, 3.8) is 0 Å². The lowest BCUT2D eigenvalue weighted by Crippen LogP contribution is -2.52. The summed E-state index contributed by atoms with van der Waals surface area (Å²) >= 11 is 1.62. The lowest BCUT2D eigenvalue weighted by Gasteiger charge is -2.32. The Hall–Kier alpha value is -4.65. The van der Waals surface area contributed by atoms with E-state index in [0.29, 0.717) is 30.0 Å². The lowest BCUT2D eigenvalue weighted by atomic mass is 10.00. The molecule has 1 saturated carbocycles. The molecule has 2 fully saturated rings. The van der Waals surface area contributed by atoms with Crippen LogP contribution in [0.4, 0.5) is 0 Å². The highest BCUT2D eigenvalue weighted by Crippen LogP contribution is 2.34. The van der Waals surface area contributed by atoms with Crippen LogP contribution in [0.3, 0.4) is 0 Å². The van der Waals surface area contributed by atoms with E-state index in [2.05, 4.69) is 20.6 Å². The zero-order valence-corrected chi connectivity index (χ0v) is 25.9. The van der Waals surface area contributed by atoms with E-state index < -0.39 is 29.8 Å². The van der Waals surface area contributed by atoms with Gasteiger partial charge in [-0.05, 0) is 68.4 Å². The van der Waals surface area contributed by atoms with Crippen LogP contribution in [-0.4, -0.2) is 75.5 Å². The van der Waals surface area contributed by atoms with Gasteiger partial charge in [0.15, 0.2) is 6.04 Å². The quantitative estimate of drug-likeness (QED) is 0.307. The summed E-state index contributed by atoms with van der Waals surface area (Å²) in [7, 11) is 1.44. The van der Waals surface area contributed by atoms with Crippen molar-refractivity contribution in [2.24, 2.45) is 5.92 Å². The summed E-state index contributed by atoms with van der Waals surface area (Å²) in [6.07, 6.45) is 5.80. The van der Waals surface area contributed by atoms with Gasteiger partial charge in [0.2, 0.25) is 23.6 Å². The Labute approximate surface area is 264 Å². The van der Waals surface area contributed by atoms with Crippen molar-refractivity contribution in [2.75, 3.05) is 20.2 Å². The molecule has 2 N–H and O–H groups in total. The summed E-state index contributed by atoms with van der Waals surface area (Å²) in [5, 5.41) is 5.32. The topological polar surface area (TPSA) is 151 Å². The van der Waals surface area contributed by atoms with Gasteiger partial charge in [0.05, 0.1) is 7.11 Å². The second kappa shape index (κ2) is 12.8. The van der Waals surface area contributed by atoms with Crippen LogP contribution < -0.4 is 15.4 Å². The maximum Gasteiger partial charge on any atom is 0.255 e. The number of piperidine rings is 1. The predicted octanol–water partition coefficient (Wildman–Crippen LogP) is 2.57. The van der Waals surface area contributed by atoms with E-state index in [1.165, 1.54) is 29.3 Å². The number of ether oxygens (including phenoxy) is 1. The van der Waals surface area contributed by atoms with Crippen LogP contribution >= 0.6 is 11.3 Å². The summed E-state index contributed by atoms with van der Waals surface area (Å²) in [4.78, 5) is 80.4. The SMILES string of the molecule is COc1nccnc1C(C(=O)NCC1CC1)N(CCc1ccc(C)s1)C(=O)c1cccc2c1CN(C1CCC(=O)NC1=O)C2=O. The largest absolute Gasteiger partial charge is 0.480 e. The first-order valence-corrected chi connectivity index (χ1v) is 15.8. The normalized spacial score (nSPS) is 18.3. The van der Waals surface area contributed by atoms with Gasteiger partial charge in [-0.25, -0.2) is 4.98 Å². The van der Waals surface area contributed by atoms with Gasteiger partial charge in [-0.15, -0.1) is 11.3 Å². The van der Waals surface area contributed by atoms with Crippen LogP contribution in [0.1, 0.15) is 73.5 Å². The Morgan fingerprint density at radius 1 is 1.13 bits per heavy atom. The smallest absolute Gasteiger partial charge is 0.255 e. The molecule has 6 rings (SSSR count). The molecule has 2 aromatic heterocycles. The molecule has 1 aliphatic carbocycles. The number of carbonyl (C=O) groups excluding carboxylic acids is 5. The third-order valence-electron chi connectivity index (χ3n) is 8.43. The first kappa shape index (κ1) is 30.4. The highest BCUT2D eigenvalue weighted by molar-refractivity contribution is 7.11. The number of fused-ring (bicyclic) bond motifs is 1. The van der Waals surface area contributed by atoms with E-state index in [-0.39, 0.29) is 54.9 Å². The summed E-state index contributed by atoms with van der Waals surface area (Å²) in [6.45, 7) is 2.69. The number of benzene rings is 1. The van der Waals surface area contributed by atoms with Crippen molar-refractivity contribution in [1.29, 1.82) is 0 Å². The standard InChI is InChI=1S/C32H34N6O6S/c1-18-6-9-20(45-18)12-15-37(27(29(41)35-16-19-7-8-19)26-30(44-2)34-14-13-33-26)31(42)21-4-3-5-22-23(21)17-38(32(22)43)24-10-11-25(39)36-28(24)40/h3-6,9,13-14,19,24,27H,7-8,10-12,15-17H2,1-2H3,(H,35,41)(H,36,39,40). The molecule has 2 atom stereocenters. The molecule has 4 heterocycles. The minimum Gasteiger partial charge on any atom is -0.480 e. The third-order valence-corrected chi connectivity index (χ3v) is 9.49. The van der Waals surface area contributed by atoms with Crippen LogP contribution in [0.25, 0.3) is 0 Å². The number of aromatic nitrogens is 2. The second-order valence-electron chi connectivity index (χ2n) is 11.5. The number of imide groups is 1. The van der Waals surface area contributed by atoms with Crippen LogP contribution in [0.5, 0.6) is 5.88 Å². The molecule has 0 bridgehead atoms. The van der Waals surface area contributed by atoms with Crippen LogP contribution in [0, 0.1) is 12.8 Å². The van der Waals surface area contributed by atoms with Gasteiger partial charge in [0, 0.05) is 59.3 Å². The molecule has 234 valence electrons. The maximum atomic E-state index is 14.7. The zero-order chi connectivity index (χ0) is 31.7. The van der Waals surface area contributed by atoms with Gasteiger partial charge in [-0.1, -0.05) is 6.07 Å². The fraction of sp³-hybridized carbons (Fsp3) is 0.406. The van der Waals surface area contributed by atoms with Crippen LogP contribution in [0.2, 0.25) is 0 Å². The van der Waals surface area contributed by atoms with E-state index in [9.17, 15) is 24.0 Å². The van der Waals surface area contributed by atoms with Gasteiger partial charge in [0.1, 0.15) is 11.7 Å².